The minimum Gasteiger partial charge on any atom is -0.444 e. The Hall–Kier alpha value is -1.13. The molecule has 0 saturated carbocycles. The number of hydrogen-bond acceptors (Lipinski definition) is 3. The largest absolute Gasteiger partial charge is 0.444 e. The lowest BCUT2D eigenvalue weighted by Crippen LogP contribution is -2.46. The molecule has 0 bridgehead atoms. The average molecular weight is 217 g/mol. The molecule has 0 aliphatic carbocycles. The number of carbonyl (C=O) groups excluding carboxylic acids is 2. The summed E-state index contributed by atoms with van der Waals surface area (Å²) in [6.45, 7) is 5.29. The first-order valence-electron chi connectivity index (χ1n) is 4.94. The molecule has 86 valence electrons. The van der Waals surface area contributed by atoms with Gasteiger partial charge in [0.2, 0.25) is 0 Å². The minimum atomic E-state index is -1.43. The third-order valence-electron chi connectivity index (χ3n) is 2.00. The van der Waals surface area contributed by atoms with E-state index in [4.69, 9.17) is 4.74 Å². The van der Waals surface area contributed by atoms with Crippen LogP contribution in [-0.4, -0.2) is 41.6 Å². The molecule has 0 aromatic rings. The number of amides is 1. The van der Waals surface area contributed by atoms with Crippen LogP contribution in [0.2, 0.25) is 0 Å². The molecular formula is C10H16FNO3. The highest BCUT2D eigenvalue weighted by molar-refractivity contribution is 5.88. The summed E-state index contributed by atoms with van der Waals surface area (Å²) in [7, 11) is 0. The Balaban J connectivity index is 2.52. The summed E-state index contributed by atoms with van der Waals surface area (Å²) >= 11 is 0. The number of nitrogens with zero attached hydrogens (tertiary/aromatic N) is 1. The van der Waals surface area contributed by atoms with Crippen molar-refractivity contribution in [1.29, 1.82) is 0 Å². The van der Waals surface area contributed by atoms with E-state index in [1.54, 1.807) is 20.8 Å². The summed E-state index contributed by atoms with van der Waals surface area (Å²) in [5.41, 5.74) is -0.591. The maximum absolute atomic E-state index is 12.8. The van der Waals surface area contributed by atoms with Gasteiger partial charge in [0.1, 0.15) is 5.60 Å². The van der Waals surface area contributed by atoms with E-state index in [1.165, 1.54) is 4.90 Å². The molecular weight excluding hydrogens is 201 g/mol. The van der Waals surface area contributed by atoms with Crippen LogP contribution in [-0.2, 0) is 9.53 Å². The number of likely N-dealkylation sites (tertiary alicyclic amines) is 1. The van der Waals surface area contributed by atoms with E-state index in [0.717, 1.165) is 0 Å². The van der Waals surface area contributed by atoms with Gasteiger partial charge >= 0.3 is 6.09 Å². The zero-order valence-corrected chi connectivity index (χ0v) is 9.25. The van der Waals surface area contributed by atoms with Gasteiger partial charge in [0, 0.05) is 13.0 Å². The fourth-order valence-corrected chi connectivity index (χ4v) is 1.28. The standard InChI is InChI=1S/C10H16FNO3/c1-10(2,3)15-9(14)12-5-4-7(11)8(13)6-12/h7H,4-6H2,1-3H3/t7-/m1/s1. The Morgan fingerprint density at radius 1 is 1.53 bits per heavy atom. The maximum atomic E-state index is 12.8. The van der Waals surface area contributed by atoms with Crippen molar-refractivity contribution in [2.24, 2.45) is 0 Å². The van der Waals surface area contributed by atoms with E-state index in [1.807, 2.05) is 0 Å². The van der Waals surface area contributed by atoms with Gasteiger partial charge in [-0.15, -0.1) is 0 Å². The second kappa shape index (κ2) is 4.16. The Morgan fingerprint density at radius 2 is 2.13 bits per heavy atom. The maximum Gasteiger partial charge on any atom is 0.410 e. The monoisotopic (exact) mass is 217 g/mol. The summed E-state index contributed by atoms with van der Waals surface area (Å²) < 4.78 is 17.9. The molecule has 0 aromatic carbocycles. The summed E-state index contributed by atoms with van der Waals surface area (Å²) in [4.78, 5) is 23.8. The number of ketones is 1. The van der Waals surface area contributed by atoms with Crippen molar-refractivity contribution in [3.8, 4) is 0 Å². The summed E-state index contributed by atoms with van der Waals surface area (Å²) in [5.74, 6) is -0.549. The molecule has 0 spiro atoms. The predicted octanol–water partition coefficient (Wildman–Crippen LogP) is 1.53. The lowest BCUT2D eigenvalue weighted by atomic mass is 10.1. The van der Waals surface area contributed by atoms with Crippen LogP contribution in [0.1, 0.15) is 27.2 Å². The van der Waals surface area contributed by atoms with E-state index < -0.39 is 23.6 Å². The summed E-state index contributed by atoms with van der Waals surface area (Å²) in [6.07, 6.45) is -1.91. The molecule has 1 atom stereocenters. The van der Waals surface area contributed by atoms with Gasteiger partial charge in [0.15, 0.2) is 12.0 Å². The highest BCUT2D eigenvalue weighted by Gasteiger charge is 2.31. The van der Waals surface area contributed by atoms with Crippen LogP contribution in [0.15, 0.2) is 0 Å². The number of piperidine rings is 1. The van der Waals surface area contributed by atoms with Crippen molar-refractivity contribution in [1.82, 2.24) is 4.90 Å². The van der Waals surface area contributed by atoms with Crippen molar-refractivity contribution in [2.75, 3.05) is 13.1 Å². The first-order valence-corrected chi connectivity index (χ1v) is 4.94. The molecule has 1 aliphatic heterocycles. The zero-order chi connectivity index (χ0) is 11.6. The SMILES string of the molecule is CC(C)(C)OC(=O)N1CC[C@@H](F)C(=O)C1. The van der Waals surface area contributed by atoms with Gasteiger partial charge in [-0.2, -0.15) is 0 Å². The normalized spacial score (nSPS) is 22.8. The third-order valence-corrected chi connectivity index (χ3v) is 2.00. The lowest BCUT2D eigenvalue weighted by molar-refractivity contribution is -0.127. The molecule has 0 N–H and O–H groups in total. The highest BCUT2D eigenvalue weighted by atomic mass is 19.1. The number of alkyl halides is 1. The van der Waals surface area contributed by atoms with Crippen molar-refractivity contribution < 1.29 is 18.7 Å². The van der Waals surface area contributed by atoms with E-state index in [0.29, 0.717) is 0 Å². The fraction of sp³-hybridized carbons (Fsp3) is 0.800. The molecule has 4 nitrogen and oxygen atoms in total. The quantitative estimate of drug-likeness (QED) is 0.618. The number of rotatable bonds is 0. The second-order valence-corrected chi connectivity index (χ2v) is 4.62. The lowest BCUT2D eigenvalue weighted by Gasteiger charge is -2.30. The van der Waals surface area contributed by atoms with Crippen molar-refractivity contribution in [3.63, 3.8) is 0 Å². The smallest absolute Gasteiger partial charge is 0.410 e. The van der Waals surface area contributed by atoms with Gasteiger partial charge in [-0.3, -0.25) is 4.79 Å². The number of ether oxygens (including phenoxy) is 1. The van der Waals surface area contributed by atoms with Crippen molar-refractivity contribution >= 4 is 11.9 Å². The van der Waals surface area contributed by atoms with Crippen LogP contribution in [0.4, 0.5) is 9.18 Å². The average Bonchev–Trinajstić information content (AvgIpc) is 2.06. The van der Waals surface area contributed by atoms with Crippen molar-refractivity contribution in [3.05, 3.63) is 0 Å². The van der Waals surface area contributed by atoms with Crippen LogP contribution in [0.25, 0.3) is 0 Å². The van der Waals surface area contributed by atoms with E-state index >= 15 is 0 Å². The molecule has 5 heteroatoms. The Bertz CT molecular complexity index is 272. The Kier molecular flexibility index (Phi) is 3.31. The number of hydrogen-bond donors (Lipinski definition) is 0. The van der Waals surface area contributed by atoms with Crippen LogP contribution in [0.5, 0.6) is 0 Å². The summed E-state index contributed by atoms with van der Waals surface area (Å²) in [5, 5.41) is 0. The molecule has 0 radical (unpaired) electrons. The number of carbonyl (C=O) groups is 2. The van der Waals surface area contributed by atoms with Gasteiger partial charge in [-0.25, -0.2) is 9.18 Å². The molecule has 1 aliphatic rings. The molecule has 1 fully saturated rings. The minimum absolute atomic E-state index is 0.0675. The molecule has 1 saturated heterocycles. The molecule has 1 amide bonds. The van der Waals surface area contributed by atoms with Gasteiger partial charge in [0.05, 0.1) is 6.54 Å². The van der Waals surface area contributed by atoms with Gasteiger partial charge in [-0.1, -0.05) is 0 Å². The number of Topliss-reactive ketones (excluding diaryl/α,β-unsaturated/α-hetero) is 1. The van der Waals surface area contributed by atoms with Gasteiger partial charge < -0.3 is 9.64 Å². The van der Waals surface area contributed by atoms with Crippen LogP contribution >= 0.6 is 0 Å². The second-order valence-electron chi connectivity index (χ2n) is 4.62. The Labute approximate surface area is 88.4 Å². The first-order chi connectivity index (χ1) is 6.79. The van der Waals surface area contributed by atoms with Crippen LogP contribution < -0.4 is 0 Å². The van der Waals surface area contributed by atoms with Gasteiger partial charge in [-0.05, 0) is 20.8 Å². The summed E-state index contributed by atoms with van der Waals surface area (Å²) in [6, 6.07) is 0. The molecule has 1 rings (SSSR count). The molecule has 0 aromatic heterocycles. The molecule has 1 heterocycles. The highest BCUT2D eigenvalue weighted by Crippen LogP contribution is 2.15. The van der Waals surface area contributed by atoms with Crippen molar-refractivity contribution in [2.45, 2.75) is 39.0 Å². The third kappa shape index (κ3) is 3.49. The van der Waals surface area contributed by atoms with E-state index in [2.05, 4.69) is 0 Å². The molecule has 15 heavy (non-hydrogen) atoms. The Morgan fingerprint density at radius 3 is 2.60 bits per heavy atom. The first kappa shape index (κ1) is 11.9. The zero-order valence-electron chi connectivity index (χ0n) is 9.25. The predicted molar refractivity (Wildman–Crippen MR) is 52.3 cm³/mol. The van der Waals surface area contributed by atoms with Gasteiger partial charge in [0.25, 0.3) is 0 Å². The van der Waals surface area contributed by atoms with Crippen LogP contribution in [0.3, 0.4) is 0 Å². The molecule has 0 unspecified atom stereocenters. The van der Waals surface area contributed by atoms with E-state index in [-0.39, 0.29) is 19.5 Å². The fourth-order valence-electron chi connectivity index (χ4n) is 1.28. The number of halogens is 1. The van der Waals surface area contributed by atoms with Crippen LogP contribution in [0, 0.1) is 0 Å². The topological polar surface area (TPSA) is 46.6 Å². The van der Waals surface area contributed by atoms with E-state index in [9.17, 15) is 14.0 Å².